The molecule has 30 heavy (non-hydrogen) atoms. The maximum absolute atomic E-state index is 12.4. The molecule has 3 heterocycles. The van der Waals surface area contributed by atoms with Crippen molar-refractivity contribution in [3.05, 3.63) is 70.4 Å². The molecule has 156 valence electrons. The molecule has 0 amide bonds. The lowest BCUT2D eigenvalue weighted by Gasteiger charge is -2.35. The van der Waals surface area contributed by atoms with Crippen molar-refractivity contribution in [3.63, 3.8) is 0 Å². The second kappa shape index (κ2) is 9.09. The Bertz CT molecular complexity index is 1050. The third-order valence-corrected chi connectivity index (χ3v) is 5.50. The summed E-state index contributed by atoms with van der Waals surface area (Å²) in [5.74, 6) is 2.02. The number of nitrogens with one attached hydrogen (secondary N) is 1. The average Bonchev–Trinajstić information content (AvgIpc) is 2.79. The first kappa shape index (κ1) is 20.1. The lowest BCUT2D eigenvalue weighted by Crippen LogP contribution is -2.34. The molecule has 1 N–H and O–H groups in total. The first-order valence-electron chi connectivity index (χ1n) is 10.1. The molecular formula is C23H26N4O3. The quantitative estimate of drug-likeness (QED) is 0.674. The fraction of sp³-hybridized carbons (Fsp3) is 0.348. The van der Waals surface area contributed by atoms with E-state index in [-0.39, 0.29) is 11.6 Å². The third-order valence-electron chi connectivity index (χ3n) is 5.50. The topological polar surface area (TPSA) is 80.3 Å². The number of aromatic amines is 1. The molecule has 2 aromatic heterocycles. The van der Waals surface area contributed by atoms with Crippen LogP contribution in [0.25, 0.3) is 11.4 Å². The molecule has 4 rings (SSSR count). The number of nitrogens with zero attached hydrogens (tertiary/aromatic N) is 3. The molecule has 1 aliphatic rings. The van der Waals surface area contributed by atoms with Crippen LogP contribution in [-0.2, 0) is 6.54 Å². The Morgan fingerprint density at radius 2 is 1.87 bits per heavy atom. The van der Waals surface area contributed by atoms with Crippen molar-refractivity contribution >= 4 is 0 Å². The van der Waals surface area contributed by atoms with Crippen LogP contribution in [0.1, 0.15) is 36.6 Å². The predicted octanol–water partition coefficient (Wildman–Crippen LogP) is 3.58. The summed E-state index contributed by atoms with van der Waals surface area (Å²) in [6.07, 6.45) is 6.62. The molecule has 7 heteroatoms. The van der Waals surface area contributed by atoms with Gasteiger partial charge in [-0.15, -0.1) is 0 Å². The van der Waals surface area contributed by atoms with Crippen LogP contribution in [0.5, 0.6) is 11.5 Å². The Morgan fingerprint density at radius 1 is 1.07 bits per heavy atom. The zero-order chi connectivity index (χ0) is 20.9. The molecule has 0 saturated carbocycles. The molecule has 1 aromatic carbocycles. The van der Waals surface area contributed by atoms with Gasteiger partial charge in [-0.1, -0.05) is 12.5 Å². The van der Waals surface area contributed by atoms with E-state index in [2.05, 4.69) is 20.9 Å². The number of methoxy groups -OCH3 is 2. The van der Waals surface area contributed by atoms with Gasteiger partial charge in [-0.3, -0.25) is 14.7 Å². The molecule has 1 aliphatic heterocycles. The second-order valence-corrected chi connectivity index (χ2v) is 7.43. The number of benzene rings is 1. The van der Waals surface area contributed by atoms with Gasteiger partial charge >= 0.3 is 0 Å². The van der Waals surface area contributed by atoms with Crippen LogP contribution in [-0.4, -0.2) is 40.6 Å². The predicted molar refractivity (Wildman–Crippen MR) is 115 cm³/mol. The lowest BCUT2D eigenvalue weighted by atomic mass is 9.98. The molecule has 1 saturated heterocycles. The van der Waals surface area contributed by atoms with Crippen LogP contribution in [0, 0.1) is 0 Å². The van der Waals surface area contributed by atoms with Gasteiger partial charge in [-0.2, -0.15) is 0 Å². The van der Waals surface area contributed by atoms with Gasteiger partial charge in [0.15, 0.2) is 11.5 Å². The first-order chi connectivity index (χ1) is 14.7. The Morgan fingerprint density at radius 3 is 2.63 bits per heavy atom. The van der Waals surface area contributed by atoms with Crippen LogP contribution < -0.4 is 15.0 Å². The Labute approximate surface area is 175 Å². The summed E-state index contributed by atoms with van der Waals surface area (Å²) in [7, 11) is 3.28. The van der Waals surface area contributed by atoms with E-state index in [9.17, 15) is 4.79 Å². The van der Waals surface area contributed by atoms with Crippen LogP contribution >= 0.6 is 0 Å². The largest absolute Gasteiger partial charge is 0.493 e. The van der Waals surface area contributed by atoms with Crippen LogP contribution in [0.3, 0.4) is 0 Å². The summed E-state index contributed by atoms with van der Waals surface area (Å²) >= 11 is 0. The zero-order valence-electron chi connectivity index (χ0n) is 17.3. The summed E-state index contributed by atoms with van der Waals surface area (Å²) in [6.45, 7) is 1.71. The molecule has 0 aliphatic carbocycles. The minimum Gasteiger partial charge on any atom is -0.493 e. The molecule has 1 fully saturated rings. The monoisotopic (exact) mass is 406 g/mol. The third kappa shape index (κ3) is 4.36. The number of rotatable bonds is 6. The van der Waals surface area contributed by atoms with E-state index in [1.165, 1.54) is 0 Å². The van der Waals surface area contributed by atoms with E-state index in [1.807, 2.05) is 24.3 Å². The molecular weight excluding hydrogens is 380 g/mol. The zero-order valence-corrected chi connectivity index (χ0v) is 17.3. The molecule has 3 aromatic rings. The van der Waals surface area contributed by atoms with Gasteiger partial charge in [0.1, 0.15) is 5.82 Å². The number of pyridine rings is 1. The van der Waals surface area contributed by atoms with E-state index in [1.54, 1.807) is 32.7 Å². The second-order valence-electron chi connectivity index (χ2n) is 7.43. The van der Waals surface area contributed by atoms with Crippen molar-refractivity contribution in [2.75, 3.05) is 20.8 Å². The fourth-order valence-corrected chi connectivity index (χ4v) is 4.02. The SMILES string of the molecule is COc1ccc(CN2CCCCC2c2cc(=O)[nH]c(-c3ccncc3)n2)cc1OC. The maximum atomic E-state index is 12.4. The number of H-pyrrole nitrogens is 1. The maximum Gasteiger partial charge on any atom is 0.251 e. The van der Waals surface area contributed by atoms with E-state index in [0.29, 0.717) is 5.82 Å². The molecule has 1 unspecified atom stereocenters. The summed E-state index contributed by atoms with van der Waals surface area (Å²) in [6, 6.07) is 11.4. The van der Waals surface area contributed by atoms with Gasteiger partial charge < -0.3 is 14.5 Å². The highest BCUT2D eigenvalue weighted by Gasteiger charge is 2.26. The smallest absolute Gasteiger partial charge is 0.251 e. The minimum atomic E-state index is -0.136. The van der Waals surface area contributed by atoms with Gasteiger partial charge in [0.25, 0.3) is 5.56 Å². The number of ether oxygens (including phenoxy) is 2. The van der Waals surface area contributed by atoms with Crippen molar-refractivity contribution in [3.8, 4) is 22.9 Å². The van der Waals surface area contributed by atoms with E-state index in [4.69, 9.17) is 14.5 Å². The van der Waals surface area contributed by atoms with E-state index >= 15 is 0 Å². The van der Waals surface area contributed by atoms with E-state index < -0.39 is 0 Å². The number of aromatic nitrogens is 3. The Hall–Kier alpha value is -3.19. The number of hydrogen-bond acceptors (Lipinski definition) is 6. The lowest BCUT2D eigenvalue weighted by molar-refractivity contribution is 0.137. The van der Waals surface area contributed by atoms with E-state index in [0.717, 1.165) is 60.7 Å². The van der Waals surface area contributed by atoms with Gasteiger partial charge in [0.2, 0.25) is 0 Å². The fourth-order valence-electron chi connectivity index (χ4n) is 4.02. The highest BCUT2D eigenvalue weighted by Crippen LogP contribution is 2.33. The molecule has 0 spiro atoms. The molecule has 0 bridgehead atoms. The number of hydrogen-bond donors (Lipinski definition) is 1. The Kier molecular flexibility index (Phi) is 6.09. The molecule has 0 radical (unpaired) electrons. The highest BCUT2D eigenvalue weighted by molar-refractivity contribution is 5.53. The highest BCUT2D eigenvalue weighted by atomic mass is 16.5. The van der Waals surface area contributed by atoms with Crippen molar-refractivity contribution in [1.82, 2.24) is 19.9 Å². The van der Waals surface area contributed by atoms with Crippen molar-refractivity contribution in [2.45, 2.75) is 31.8 Å². The first-order valence-corrected chi connectivity index (χ1v) is 10.1. The average molecular weight is 406 g/mol. The van der Waals surface area contributed by atoms with Crippen LogP contribution in [0.2, 0.25) is 0 Å². The number of piperidine rings is 1. The number of likely N-dealkylation sites (tertiary alicyclic amines) is 1. The minimum absolute atomic E-state index is 0.0923. The molecule has 7 nitrogen and oxygen atoms in total. The standard InChI is InChI=1S/C23H26N4O3/c1-29-20-7-6-16(13-21(20)30-2)15-27-12-4-3-5-19(27)18-14-22(28)26-23(25-18)17-8-10-24-11-9-17/h6-11,13-14,19H,3-5,12,15H2,1-2H3,(H,25,26,28). The summed E-state index contributed by atoms with van der Waals surface area (Å²) < 4.78 is 10.8. The van der Waals surface area contributed by atoms with Crippen LogP contribution in [0.4, 0.5) is 0 Å². The summed E-state index contributed by atoms with van der Waals surface area (Å²) in [5, 5.41) is 0. The molecule has 1 atom stereocenters. The normalized spacial score (nSPS) is 16.9. The van der Waals surface area contributed by atoms with Gasteiger partial charge in [-0.25, -0.2) is 4.98 Å². The summed E-state index contributed by atoms with van der Waals surface area (Å²) in [4.78, 5) is 26.5. The summed E-state index contributed by atoms with van der Waals surface area (Å²) in [5.41, 5.74) is 2.67. The van der Waals surface area contributed by atoms with Crippen molar-refractivity contribution in [2.24, 2.45) is 0 Å². The Balaban J connectivity index is 1.63. The van der Waals surface area contributed by atoms with Crippen LogP contribution in [0.15, 0.2) is 53.6 Å². The van der Waals surface area contributed by atoms with Gasteiger partial charge in [0, 0.05) is 30.6 Å². The van der Waals surface area contributed by atoms with Crippen molar-refractivity contribution < 1.29 is 9.47 Å². The van der Waals surface area contributed by atoms with Gasteiger partial charge in [-0.05, 0) is 49.2 Å². The van der Waals surface area contributed by atoms with Crippen molar-refractivity contribution in [1.29, 1.82) is 0 Å². The van der Waals surface area contributed by atoms with Gasteiger partial charge in [0.05, 0.1) is 26.0 Å².